The predicted molar refractivity (Wildman–Crippen MR) is 229 cm³/mol. The van der Waals surface area contributed by atoms with Gasteiger partial charge in [0.2, 0.25) is 0 Å². The number of halogens is 12. The third-order valence-corrected chi connectivity index (χ3v) is 13.3. The van der Waals surface area contributed by atoms with Crippen LogP contribution in [0.4, 0.5) is 52.7 Å². The molecule has 0 nitrogen and oxygen atoms in total. The molecule has 0 radical (unpaired) electrons. The molecule has 0 saturated carbocycles. The largest absolute Gasteiger partial charge is 0.416 e. The lowest BCUT2D eigenvalue weighted by molar-refractivity contribution is -0.145. The van der Waals surface area contributed by atoms with E-state index in [9.17, 15) is 52.7 Å². The maximum absolute atomic E-state index is 14.7. The lowest BCUT2D eigenvalue weighted by Gasteiger charge is -2.22. The van der Waals surface area contributed by atoms with Crippen molar-refractivity contribution in [2.45, 2.75) is 58.8 Å². The molecule has 0 fully saturated rings. The summed E-state index contributed by atoms with van der Waals surface area (Å²) in [6, 6.07) is 35.7. The highest BCUT2D eigenvalue weighted by Crippen LogP contribution is 2.48. The normalized spacial score (nSPS) is 12.8. The minimum Gasteiger partial charge on any atom is -0.166 e. The van der Waals surface area contributed by atoms with Gasteiger partial charge in [-0.1, -0.05) is 109 Å². The molecule has 0 spiro atoms. The van der Waals surface area contributed by atoms with E-state index in [0.29, 0.717) is 42.5 Å². The Morgan fingerprint density at radius 3 is 1.03 bits per heavy atom. The topological polar surface area (TPSA) is 0 Å². The zero-order valence-electron chi connectivity index (χ0n) is 33.0. The van der Waals surface area contributed by atoms with Gasteiger partial charge >= 0.3 is 24.7 Å². The molecule has 0 bridgehead atoms. The number of thioether (sulfide) groups is 2. The monoisotopic (exact) mass is 924 g/mol. The van der Waals surface area contributed by atoms with Crippen LogP contribution in [0.2, 0.25) is 0 Å². The zero-order chi connectivity index (χ0) is 45.6. The van der Waals surface area contributed by atoms with E-state index in [2.05, 4.69) is 0 Å². The summed E-state index contributed by atoms with van der Waals surface area (Å²) < 4.78 is 174. The third-order valence-electron chi connectivity index (χ3n) is 10.9. The van der Waals surface area contributed by atoms with E-state index in [4.69, 9.17) is 0 Å². The van der Waals surface area contributed by atoms with Gasteiger partial charge in [-0.05, 0) is 115 Å². The van der Waals surface area contributed by atoms with Gasteiger partial charge in [-0.3, -0.25) is 0 Å². The van der Waals surface area contributed by atoms with Crippen molar-refractivity contribution in [1.82, 2.24) is 0 Å². The van der Waals surface area contributed by atoms with Crippen molar-refractivity contribution < 1.29 is 52.7 Å². The maximum Gasteiger partial charge on any atom is 0.416 e. The Morgan fingerprint density at radius 2 is 0.688 bits per heavy atom. The summed E-state index contributed by atoms with van der Waals surface area (Å²) in [5, 5.41) is 3.64. The molecule has 0 unspecified atom stereocenters. The first-order valence-corrected chi connectivity index (χ1v) is 21.5. The van der Waals surface area contributed by atoms with Crippen molar-refractivity contribution in [1.29, 1.82) is 0 Å². The van der Waals surface area contributed by atoms with Crippen LogP contribution in [0.3, 0.4) is 0 Å². The van der Waals surface area contributed by atoms with Crippen LogP contribution in [0.1, 0.15) is 55.6 Å². The Labute approximate surface area is 367 Å². The number of fused-ring (bicyclic) bond motifs is 3. The van der Waals surface area contributed by atoms with Crippen LogP contribution in [-0.2, 0) is 49.1 Å². The quantitative estimate of drug-likeness (QED) is 0.0761. The average molecular weight is 925 g/mol. The summed E-state index contributed by atoms with van der Waals surface area (Å²) >= 11 is 2.09. The molecule has 64 heavy (non-hydrogen) atoms. The van der Waals surface area contributed by atoms with Crippen LogP contribution in [-0.4, -0.2) is 0 Å². The number of alkyl halides is 12. The van der Waals surface area contributed by atoms with E-state index in [-0.39, 0.29) is 58.7 Å². The molecule has 0 aliphatic carbocycles. The van der Waals surface area contributed by atoms with Crippen molar-refractivity contribution in [2.24, 2.45) is 0 Å². The Balaban J connectivity index is 1.30. The fourth-order valence-corrected chi connectivity index (χ4v) is 10.4. The smallest absolute Gasteiger partial charge is 0.166 e. The number of hydrogen-bond donors (Lipinski definition) is 0. The van der Waals surface area contributed by atoms with E-state index < -0.39 is 47.0 Å². The molecule has 328 valence electrons. The lowest BCUT2D eigenvalue weighted by atomic mass is 9.92. The molecule has 8 aromatic rings. The van der Waals surface area contributed by atoms with Crippen LogP contribution in [0, 0.1) is 0 Å². The predicted octanol–water partition coefficient (Wildman–Crippen LogP) is 17.0. The molecule has 8 aromatic carbocycles. The van der Waals surface area contributed by atoms with E-state index >= 15 is 0 Å². The van der Waals surface area contributed by atoms with Gasteiger partial charge in [-0.25, -0.2) is 0 Å². The Hall–Kier alpha value is -5.60. The molecule has 0 amide bonds. The number of hydrogen-bond acceptors (Lipinski definition) is 2. The van der Waals surface area contributed by atoms with Crippen LogP contribution in [0.15, 0.2) is 155 Å². The maximum atomic E-state index is 14.7. The summed E-state index contributed by atoms with van der Waals surface area (Å²) in [6.45, 7) is 0. The SMILES string of the molecule is FC(F)(F)c1cc(CSc2c3ccccc3c(SCc3cc(C(F)(F)F)cc(C(F)(F)F)c3Cc3ccccc3)c3cc4ccccc4cc23)c(Cc2ccccc2)c(C(F)(F)F)c1. The second kappa shape index (κ2) is 17.4. The van der Waals surface area contributed by atoms with Gasteiger partial charge in [0.25, 0.3) is 0 Å². The summed E-state index contributed by atoms with van der Waals surface area (Å²) in [7, 11) is 0. The van der Waals surface area contributed by atoms with Crippen LogP contribution in [0.25, 0.3) is 32.3 Å². The fraction of sp³-hybridized carbons (Fsp3) is 0.160. The minimum atomic E-state index is -5.12. The summed E-state index contributed by atoms with van der Waals surface area (Å²) in [5.74, 6) is -0.637. The Kier molecular flexibility index (Phi) is 12.2. The van der Waals surface area contributed by atoms with E-state index in [1.807, 2.05) is 24.3 Å². The highest BCUT2D eigenvalue weighted by molar-refractivity contribution is 7.99. The van der Waals surface area contributed by atoms with Crippen molar-refractivity contribution >= 4 is 55.8 Å². The van der Waals surface area contributed by atoms with Crippen LogP contribution < -0.4 is 0 Å². The zero-order valence-corrected chi connectivity index (χ0v) is 34.7. The number of benzene rings is 8. The van der Waals surface area contributed by atoms with Crippen LogP contribution >= 0.6 is 23.5 Å². The molecule has 0 saturated heterocycles. The average Bonchev–Trinajstić information content (AvgIpc) is 3.24. The molecule has 0 N–H and O–H groups in total. The molecular formula is C50H32F12S2. The highest BCUT2D eigenvalue weighted by Gasteiger charge is 2.41. The van der Waals surface area contributed by atoms with E-state index in [0.717, 1.165) is 46.4 Å². The Bertz CT molecular complexity index is 2790. The molecule has 0 atom stereocenters. The van der Waals surface area contributed by atoms with Gasteiger partial charge in [-0.15, -0.1) is 23.5 Å². The first kappa shape index (κ1) is 45.0. The van der Waals surface area contributed by atoms with Gasteiger partial charge in [0.05, 0.1) is 22.3 Å². The standard InChI is InChI=1S/C50H32F12S2/c51-47(52,53)35-21-33(39(43(25-35)49(57,58)59)19-29-11-3-1-4-12-29)27-63-45-37-17-9-10-18-38(37)46(42-24-32-16-8-7-15-31(32)23-41(42)45)64-28-34-22-36(48(54,55)56)26-44(50(60,61)62)40(34)20-30-13-5-2-6-14-30/h1-18,21-26H,19-20,27-28H2. The van der Waals surface area contributed by atoms with E-state index in [1.54, 1.807) is 97.1 Å². The second-order valence-corrected chi connectivity index (χ2v) is 17.1. The van der Waals surface area contributed by atoms with Crippen LogP contribution in [0.5, 0.6) is 0 Å². The van der Waals surface area contributed by atoms with Gasteiger partial charge in [0, 0.05) is 21.3 Å². The second-order valence-electron chi connectivity index (χ2n) is 15.2. The van der Waals surface area contributed by atoms with E-state index in [1.165, 1.54) is 0 Å². The molecule has 0 aliphatic heterocycles. The van der Waals surface area contributed by atoms with Crippen molar-refractivity contribution in [2.75, 3.05) is 0 Å². The highest BCUT2D eigenvalue weighted by atomic mass is 32.2. The molecule has 0 aliphatic rings. The summed E-state index contributed by atoms with van der Waals surface area (Å²) in [4.78, 5) is 1.03. The Morgan fingerprint density at radius 1 is 0.344 bits per heavy atom. The van der Waals surface area contributed by atoms with Gasteiger partial charge in [-0.2, -0.15) is 52.7 Å². The first-order chi connectivity index (χ1) is 30.3. The molecule has 14 heteroatoms. The molecular weight excluding hydrogens is 893 g/mol. The minimum absolute atomic E-state index is 0.142. The third kappa shape index (κ3) is 9.58. The summed E-state index contributed by atoms with van der Waals surface area (Å²) in [5.41, 5.74) is -5.76. The van der Waals surface area contributed by atoms with Crippen molar-refractivity contribution in [3.8, 4) is 0 Å². The molecule has 8 rings (SSSR count). The summed E-state index contributed by atoms with van der Waals surface area (Å²) in [6.07, 6.45) is -21.0. The number of rotatable bonds is 10. The van der Waals surface area contributed by atoms with Gasteiger partial charge in [0.15, 0.2) is 0 Å². The fourth-order valence-electron chi connectivity index (χ4n) is 7.97. The first-order valence-electron chi connectivity index (χ1n) is 19.6. The van der Waals surface area contributed by atoms with Gasteiger partial charge < -0.3 is 0 Å². The molecule has 0 aromatic heterocycles. The van der Waals surface area contributed by atoms with Crippen molar-refractivity contribution in [3.63, 3.8) is 0 Å². The lowest BCUT2D eigenvalue weighted by Crippen LogP contribution is -2.16. The van der Waals surface area contributed by atoms with Crippen molar-refractivity contribution in [3.05, 3.63) is 201 Å². The van der Waals surface area contributed by atoms with Gasteiger partial charge in [0.1, 0.15) is 0 Å². The molecule has 0 heterocycles.